The Hall–Kier alpha value is -3.40. The number of fused-ring (bicyclic) bond motifs is 4. The second-order valence-corrected chi connectivity index (χ2v) is 8.24. The van der Waals surface area contributed by atoms with Crippen molar-refractivity contribution in [1.29, 1.82) is 5.41 Å². The standard InChI is InChI=1S/C25H21FN2O/c1-14-13-25(2,3)28-20-10-9-19-23(15-5-4-6-16(26)11-15)18-8-7-17(27)12-21(18)29-24(19)22(14)20/h4-13,27-28H,1-3H3. The van der Waals surface area contributed by atoms with Crippen LogP contribution in [-0.2, 0) is 0 Å². The van der Waals surface area contributed by atoms with Crippen molar-refractivity contribution in [3.63, 3.8) is 0 Å². The Morgan fingerprint density at radius 2 is 1.83 bits per heavy atom. The third-order valence-corrected chi connectivity index (χ3v) is 5.43. The van der Waals surface area contributed by atoms with E-state index >= 15 is 0 Å². The van der Waals surface area contributed by atoms with Crippen LogP contribution in [0.4, 0.5) is 10.1 Å². The summed E-state index contributed by atoms with van der Waals surface area (Å²) in [4.78, 5) is 0. The summed E-state index contributed by atoms with van der Waals surface area (Å²) in [6.45, 7) is 6.35. The number of rotatable bonds is 1. The Bertz CT molecular complexity index is 1350. The monoisotopic (exact) mass is 384 g/mol. The van der Waals surface area contributed by atoms with E-state index in [2.05, 4.69) is 38.2 Å². The largest absolute Gasteiger partial charge is 0.455 e. The summed E-state index contributed by atoms with van der Waals surface area (Å²) in [7, 11) is 0. The molecule has 0 fully saturated rings. The smallest absolute Gasteiger partial charge is 0.144 e. The van der Waals surface area contributed by atoms with Crippen molar-refractivity contribution in [2.45, 2.75) is 26.3 Å². The van der Waals surface area contributed by atoms with Crippen molar-refractivity contribution in [1.82, 2.24) is 0 Å². The minimum atomic E-state index is -0.279. The lowest BCUT2D eigenvalue weighted by molar-refractivity contribution is 0.616. The van der Waals surface area contributed by atoms with Gasteiger partial charge in [-0.25, -0.2) is 4.39 Å². The van der Waals surface area contributed by atoms with Gasteiger partial charge in [-0.1, -0.05) is 18.2 Å². The van der Waals surface area contributed by atoms with Crippen molar-refractivity contribution in [2.24, 2.45) is 0 Å². The molecule has 0 bridgehead atoms. The molecular weight excluding hydrogens is 363 g/mol. The summed E-state index contributed by atoms with van der Waals surface area (Å²) in [6.07, 6.45) is 2.19. The molecule has 2 N–H and O–H groups in total. The van der Waals surface area contributed by atoms with Crippen molar-refractivity contribution in [3.8, 4) is 22.5 Å². The zero-order valence-electron chi connectivity index (χ0n) is 16.6. The number of nitrogens with one attached hydrogen (secondary N) is 2. The summed E-state index contributed by atoms with van der Waals surface area (Å²) >= 11 is 0. The molecule has 3 nitrogen and oxygen atoms in total. The first-order valence-electron chi connectivity index (χ1n) is 9.64. The lowest BCUT2D eigenvalue weighted by Crippen LogP contribution is -2.31. The van der Waals surface area contributed by atoms with Crippen LogP contribution in [0.15, 0.2) is 65.1 Å². The lowest BCUT2D eigenvalue weighted by Gasteiger charge is -2.32. The highest BCUT2D eigenvalue weighted by molar-refractivity contribution is 6.07. The molecule has 0 radical (unpaired) electrons. The summed E-state index contributed by atoms with van der Waals surface area (Å²) in [6, 6.07) is 16.1. The first kappa shape index (κ1) is 17.7. The summed E-state index contributed by atoms with van der Waals surface area (Å²) < 4.78 is 20.4. The highest BCUT2D eigenvalue weighted by atomic mass is 19.1. The maximum Gasteiger partial charge on any atom is 0.144 e. The van der Waals surface area contributed by atoms with Gasteiger partial charge >= 0.3 is 0 Å². The van der Waals surface area contributed by atoms with Gasteiger partial charge in [-0.3, -0.25) is 0 Å². The molecule has 0 saturated heterocycles. The predicted octanol–water partition coefficient (Wildman–Crippen LogP) is 6.43. The molecule has 0 atom stereocenters. The van der Waals surface area contributed by atoms with E-state index in [-0.39, 0.29) is 11.4 Å². The number of hydrogen-bond donors (Lipinski definition) is 2. The maximum absolute atomic E-state index is 14.1. The average molecular weight is 384 g/mol. The van der Waals surface area contributed by atoms with E-state index in [9.17, 15) is 4.39 Å². The van der Waals surface area contributed by atoms with E-state index in [1.165, 1.54) is 6.07 Å². The van der Waals surface area contributed by atoms with Crippen LogP contribution in [0.3, 0.4) is 0 Å². The number of halogens is 1. The van der Waals surface area contributed by atoms with E-state index < -0.39 is 0 Å². The molecular formula is C25H21FN2O. The van der Waals surface area contributed by atoms with Crippen LogP contribution < -0.4 is 10.7 Å². The van der Waals surface area contributed by atoms with Gasteiger partial charge in [-0.05, 0) is 68.3 Å². The Morgan fingerprint density at radius 3 is 2.62 bits per heavy atom. The van der Waals surface area contributed by atoms with Crippen LogP contribution in [0, 0.1) is 11.2 Å². The van der Waals surface area contributed by atoms with Gasteiger partial charge in [0.05, 0.1) is 10.9 Å². The predicted molar refractivity (Wildman–Crippen MR) is 115 cm³/mol. The quantitative estimate of drug-likeness (QED) is 0.372. The van der Waals surface area contributed by atoms with E-state index in [0.717, 1.165) is 44.5 Å². The molecule has 3 aliphatic rings. The van der Waals surface area contributed by atoms with Gasteiger partial charge < -0.3 is 15.1 Å². The fraction of sp³-hybridized carbons (Fsp3) is 0.160. The molecule has 2 aromatic carbocycles. The topological polar surface area (TPSA) is 49.0 Å². The number of allylic oxidation sites excluding steroid dienone is 1. The van der Waals surface area contributed by atoms with Crippen LogP contribution in [0.25, 0.3) is 39.0 Å². The van der Waals surface area contributed by atoms with Crippen LogP contribution in [-0.4, -0.2) is 5.54 Å². The third-order valence-electron chi connectivity index (χ3n) is 5.43. The minimum absolute atomic E-state index is 0.151. The van der Waals surface area contributed by atoms with Gasteiger partial charge in [0.1, 0.15) is 17.2 Å². The van der Waals surface area contributed by atoms with Crippen molar-refractivity contribution >= 4 is 22.2 Å². The molecule has 144 valence electrons. The molecule has 0 amide bonds. The molecule has 1 aliphatic carbocycles. The van der Waals surface area contributed by atoms with Gasteiger partial charge in [-0.2, -0.15) is 0 Å². The number of anilines is 1. The Kier molecular flexibility index (Phi) is 3.69. The molecule has 0 saturated carbocycles. The Balaban J connectivity index is 1.96. The van der Waals surface area contributed by atoms with Crippen LogP contribution in [0.2, 0.25) is 0 Å². The van der Waals surface area contributed by atoms with Crippen molar-refractivity contribution < 1.29 is 8.81 Å². The maximum atomic E-state index is 14.1. The molecule has 2 aromatic rings. The van der Waals surface area contributed by atoms with E-state index in [1.807, 2.05) is 18.2 Å². The van der Waals surface area contributed by atoms with Crippen molar-refractivity contribution in [3.05, 3.63) is 77.4 Å². The number of benzene rings is 3. The Labute approximate surface area is 168 Å². The zero-order chi connectivity index (χ0) is 20.3. The highest BCUT2D eigenvalue weighted by Gasteiger charge is 2.27. The normalized spacial score (nSPS) is 15.1. The molecule has 5 rings (SSSR count). The SMILES string of the molecule is CC1=CC(C)(C)Nc2ccc3c(-c4cccc(F)c4)c4ccc(=N)cc-4oc3c21. The molecule has 2 heterocycles. The van der Waals surface area contributed by atoms with Crippen LogP contribution in [0.1, 0.15) is 26.3 Å². The minimum Gasteiger partial charge on any atom is -0.455 e. The van der Waals surface area contributed by atoms with Gasteiger partial charge in [0.2, 0.25) is 0 Å². The zero-order valence-corrected chi connectivity index (χ0v) is 16.6. The molecule has 0 unspecified atom stereocenters. The van der Waals surface area contributed by atoms with E-state index in [0.29, 0.717) is 11.1 Å². The van der Waals surface area contributed by atoms with E-state index in [4.69, 9.17) is 9.83 Å². The van der Waals surface area contributed by atoms with Gasteiger partial charge in [0.15, 0.2) is 0 Å². The van der Waals surface area contributed by atoms with E-state index in [1.54, 1.807) is 24.3 Å². The average Bonchev–Trinajstić information content (AvgIpc) is 2.64. The first-order chi connectivity index (χ1) is 13.8. The fourth-order valence-electron chi connectivity index (χ4n) is 4.40. The molecule has 4 heteroatoms. The van der Waals surface area contributed by atoms with Crippen LogP contribution in [0.5, 0.6) is 0 Å². The molecule has 2 aliphatic heterocycles. The lowest BCUT2D eigenvalue weighted by atomic mass is 9.87. The first-order valence-corrected chi connectivity index (χ1v) is 9.64. The summed E-state index contributed by atoms with van der Waals surface area (Å²) in [5.74, 6) is 0.342. The van der Waals surface area contributed by atoms with Crippen LogP contribution >= 0.6 is 0 Å². The molecule has 0 spiro atoms. The molecule has 0 aromatic heterocycles. The van der Waals surface area contributed by atoms with Gasteiger partial charge in [-0.15, -0.1) is 0 Å². The van der Waals surface area contributed by atoms with Gasteiger partial charge in [0.25, 0.3) is 0 Å². The second-order valence-electron chi connectivity index (χ2n) is 8.24. The third kappa shape index (κ3) is 2.83. The fourth-order valence-corrected chi connectivity index (χ4v) is 4.40. The summed E-state index contributed by atoms with van der Waals surface area (Å²) in [5.41, 5.74) is 6.32. The summed E-state index contributed by atoms with van der Waals surface area (Å²) in [5, 5.41) is 12.9. The number of hydrogen-bond acceptors (Lipinski definition) is 3. The Morgan fingerprint density at radius 1 is 1.00 bits per heavy atom. The van der Waals surface area contributed by atoms with Gasteiger partial charge in [0, 0.05) is 33.8 Å². The van der Waals surface area contributed by atoms with Crippen molar-refractivity contribution in [2.75, 3.05) is 5.32 Å². The second kappa shape index (κ2) is 6.05. The highest BCUT2D eigenvalue weighted by Crippen LogP contribution is 2.45. The molecule has 29 heavy (non-hydrogen) atoms.